The first-order chi connectivity index (χ1) is 15.6. The standard InChI is InChI=1S/C30H24NO/c1-19-18-31(3)28(17-26(19)21-9-5-4-6-10-21)24-13-14-25-27-15-22-11-7-8-12-23(22)16-29(27)32-30(25)20(24)2/h4-18H,1-3H3/q+1. The monoisotopic (exact) mass is 414 g/mol. The maximum absolute atomic E-state index is 6.42. The molecule has 0 fully saturated rings. The van der Waals surface area contributed by atoms with Crippen molar-refractivity contribution in [1.82, 2.24) is 0 Å². The van der Waals surface area contributed by atoms with Crippen LogP contribution in [-0.4, -0.2) is 0 Å². The van der Waals surface area contributed by atoms with Crippen molar-refractivity contribution in [3.63, 3.8) is 0 Å². The lowest BCUT2D eigenvalue weighted by Gasteiger charge is -2.10. The van der Waals surface area contributed by atoms with E-state index in [0.717, 1.165) is 11.2 Å². The summed E-state index contributed by atoms with van der Waals surface area (Å²) in [5, 5.41) is 4.79. The average molecular weight is 415 g/mol. The zero-order chi connectivity index (χ0) is 21.8. The molecule has 0 aliphatic rings. The van der Waals surface area contributed by atoms with Gasteiger partial charge in [0.1, 0.15) is 18.2 Å². The van der Waals surface area contributed by atoms with Crippen LogP contribution in [-0.2, 0) is 7.05 Å². The number of aromatic nitrogens is 1. The molecule has 2 aromatic heterocycles. The number of hydrogen-bond donors (Lipinski definition) is 0. The largest absolute Gasteiger partial charge is 0.456 e. The van der Waals surface area contributed by atoms with E-state index in [1.807, 2.05) is 0 Å². The van der Waals surface area contributed by atoms with Gasteiger partial charge in [0, 0.05) is 28.0 Å². The first-order valence-corrected chi connectivity index (χ1v) is 11.0. The lowest BCUT2D eigenvalue weighted by atomic mass is 9.96. The van der Waals surface area contributed by atoms with Crippen LogP contribution in [0.5, 0.6) is 0 Å². The molecular weight excluding hydrogens is 390 g/mol. The van der Waals surface area contributed by atoms with Crippen molar-refractivity contribution in [3.8, 4) is 22.4 Å². The van der Waals surface area contributed by atoms with Gasteiger partial charge in [-0.2, -0.15) is 0 Å². The number of nitrogens with zero attached hydrogens (tertiary/aromatic N) is 1. The van der Waals surface area contributed by atoms with Gasteiger partial charge in [-0.05, 0) is 60.0 Å². The third kappa shape index (κ3) is 2.84. The van der Waals surface area contributed by atoms with Gasteiger partial charge < -0.3 is 4.42 Å². The molecule has 154 valence electrons. The first-order valence-electron chi connectivity index (χ1n) is 11.0. The topological polar surface area (TPSA) is 17.0 Å². The highest BCUT2D eigenvalue weighted by Gasteiger charge is 2.20. The third-order valence-electron chi connectivity index (χ3n) is 6.59. The lowest BCUT2D eigenvalue weighted by Crippen LogP contribution is -2.31. The molecule has 0 unspecified atom stereocenters. The highest BCUT2D eigenvalue weighted by molar-refractivity contribution is 6.11. The second-order valence-electron chi connectivity index (χ2n) is 8.64. The molecule has 6 aromatic rings. The van der Waals surface area contributed by atoms with Crippen molar-refractivity contribution in [3.05, 3.63) is 102 Å². The molecule has 0 bridgehead atoms. The summed E-state index contributed by atoms with van der Waals surface area (Å²) in [6.07, 6.45) is 2.21. The highest BCUT2D eigenvalue weighted by Crippen LogP contribution is 2.37. The Labute approximate surface area is 187 Å². The van der Waals surface area contributed by atoms with Gasteiger partial charge in [-0.3, -0.25) is 0 Å². The Morgan fingerprint density at radius 2 is 1.41 bits per heavy atom. The van der Waals surface area contributed by atoms with Crippen molar-refractivity contribution < 1.29 is 8.98 Å². The number of fused-ring (bicyclic) bond motifs is 4. The van der Waals surface area contributed by atoms with Gasteiger partial charge in [0.2, 0.25) is 5.69 Å². The first kappa shape index (κ1) is 18.8. The summed E-state index contributed by atoms with van der Waals surface area (Å²) in [5.74, 6) is 0. The number of benzene rings is 4. The lowest BCUT2D eigenvalue weighted by molar-refractivity contribution is -0.660. The highest BCUT2D eigenvalue weighted by atomic mass is 16.3. The summed E-state index contributed by atoms with van der Waals surface area (Å²) in [6, 6.07) is 30.2. The molecule has 0 aliphatic heterocycles. The Bertz CT molecular complexity index is 1640. The Morgan fingerprint density at radius 1 is 0.688 bits per heavy atom. The van der Waals surface area contributed by atoms with Crippen LogP contribution in [0, 0.1) is 13.8 Å². The number of rotatable bonds is 2. The van der Waals surface area contributed by atoms with Crippen LogP contribution >= 0.6 is 0 Å². The van der Waals surface area contributed by atoms with Gasteiger partial charge in [0.05, 0.1) is 5.56 Å². The predicted molar refractivity (Wildman–Crippen MR) is 133 cm³/mol. The van der Waals surface area contributed by atoms with E-state index in [1.165, 1.54) is 55.1 Å². The van der Waals surface area contributed by atoms with E-state index < -0.39 is 0 Å². The molecule has 0 saturated carbocycles. The fourth-order valence-electron chi connectivity index (χ4n) is 4.92. The Hall–Kier alpha value is -3.91. The molecule has 0 radical (unpaired) electrons. The minimum absolute atomic E-state index is 0.942. The van der Waals surface area contributed by atoms with Gasteiger partial charge in [-0.15, -0.1) is 0 Å². The maximum Gasteiger partial charge on any atom is 0.213 e. The summed E-state index contributed by atoms with van der Waals surface area (Å²) in [6.45, 7) is 4.34. The molecular formula is C30H24NO+. The van der Waals surface area contributed by atoms with E-state index in [4.69, 9.17) is 4.42 Å². The third-order valence-corrected chi connectivity index (χ3v) is 6.59. The summed E-state index contributed by atoms with van der Waals surface area (Å²) in [4.78, 5) is 0. The molecule has 4 aromatic carbocycles. The molecule has 6 rings (SSSR count). The van der Waals surface area contributed by atoms with Gasteiger partial charge >= 0.3 is 0 Å². The van der Waals surface area contributed by atoms with Crippen molar-refractivity contribution in [2.45, 2.75) is 13.8 Å². The molecule has 0 saturated heterocycles. The summed E-state index contributed by atoms with van der Waals surface area (Å²) >= 11 is 0. The Kier molecular flexibility index (Phi) is 4.16. The quantitative estimate of drug-likeness (QED) is 0.268. The van der Waals surface area contributed by atoms with Crippen molar-refractivity contribution in [2.75, 3.05) is 0 Å². The van der Waals surface area contributed by atoms with E-state index in [2.05, 4.69) is 117 Å². The van der Waals surface area contributed by atoms with Crippen LogP contribution in [0.2, 0.25) is 0 Å². The van der Waals surface area contributed by atoms with Crippen LogP contribution in [0.1, 0.15) is 11.1 Å². The zero-order valence-electron chi connectivity index (χ0n) is 18.5. The Morgan fingerprint density at radius 3 is 2.19 bits per heavy atom. The van der Waals surface area contributed by atoms with Crippen LogP contribution < -0.4 is 4.57 Å². The molecule has 2 heterocycles. The molecule has 0 N–H and O–H groups in total. The smallest absolute Gasteiger partial charge is 0.213 e. The minimum Gasteiger partial charge on any atom is -0.456 e. The summed E-state index contributed by atoms with van der Waals surface area (Å²) < 4.78 is 8.64. The normalized spacial score (nSPS) is 11.6. The van der Waals surface area contributed by atoms with Crippen LogP contribution in [0.3, 0.4) is 0 Å². The van der Waals surface area contributed by atoms with Gasteiger partial charge in [-0.25, -0.2) is 4.57 Å². The van der Waals surface area contributed by atoms with E-state index in [1.54, 1.807) is 0 Å². The van der Waals surface area contributed by atoms with E-state index in [9.17, 15) is 0 Å². The van der Waals surface area contributed by atoms with Crippen molar-refractivity contribution in [1.29, 1.82) is 0 Å². The molecule has 32 heavy (non-hydrogen) atoms. The molecule has 0 amide bonds. The van der Waals surface area contributed by atoms with Gasteiger partial charge in [-0.1, -0.05) is 54.6 Å². The molecule has 0 spiro atoms. The van der Waals surface area contributed by atoms with Crippen molar-refractivity contribution in [2.24, 2.45) is 7.05 Å². The van der Waals surface area contributed by atoms with Gasteiger partial charge in [0.25, 0.3) is 0 Å². The molecule has 2 heteroatoms. The number of aryl methyl sites for hydroxylation is 3. The van der Waals surface area contributed by atoms with E-state index in [-0.39, 0.29) is 0 Å². The summed E-state index contributed by atoms with van der Waals surface area (Å²) in [7, 11) is 2.12. The maximum atomic E-state index is 6.42. The molecule has 0 aliphatic carbocycles. The summed E-state index contributed by atoms with van der Waals surface area (Å²) in [5.41, 5.74) is 9.21. The minimum atomic E-state index is 0.942. The molecule has 2 nitrogen and oxygen atoms in total. The second-order valence-corrected chi connectivity index (χ2v) is 8.64. The molecule has 0 atom stereocenters. The zero-order valence-corrected chi connectivity index (χ0v) is 18.5. The SMILES string of the molecule is Cc1c[n+](C)c(-c2ccc3c(oc4cc5ccccc5cc43)c2C)cc1-c1ccccc1. The van der Waals surface area contributed by atoms with Crippen LogP contribution in [0.25, 0.3) is 55.1 Å². The second kappa shape index (κ2) is 7.06. The van der Waals surface area contributed by atoms with E-state index in [0.29, 0.717) is 0 Å². The predicted octanol–water partition coefficient (Wildman–Crippen LogP) is 7.51. The van der Waals surface area contributed by atoms with Crippen LogP contribution in [0.4, 0.5) is 0 Å². The van der Waals surface area contributed by atoms with Crippen molar-refractivity contribution >= 4 is 32.7 Å². The number of pyridine rings is 1. The fraction of sp³-hybridized carbons (Fsp3) is 0.100. The van der Waals surface area contributed by atoms with Gasteiger partial charge in [0.15, 0.2) is 6.20 Å². The average Bonchev–Trinajstić information content (AvgIpc) is 3.17. The van der Waals surface area contributed by atoms with E-state index >= 15 is 0 Å². The number of hydrogen-bond acceptors (Lipinski definition) is 1. The Balaban J connectivity index is 1.59. The fourth-order valence-corrected chi connectivity index (χ4v) is 4.92. The number of furan rings is 1. The van der Waals surface area contributed by atoms with Crippen LogP contribution in [0.15, 0.2) is 95.5 Å².